The molecule has 3 aromatic rings. The summed E-state index contributed by atoms with van der Waals surface area (Å²) >= 11 is 0. The van der Waals surface area contributed by atoms with Crippen LogP contribution < -0.4 is 4.72 Å². The zero-order valence-corrected chi connectivity index (χ0v) is 12.8. The van der Waals surface area contributed by atoms with Crippen LogP contribution in [0.5, 0.6) is 0 Å². The number of nitrogens with one attached hydrogen (secondary N) is 1. The second-order valence-electron chi connectivity index (χ2n) is 4.92. The Morgan fingerprint density at radius 3 is 2.45 bits per heavy atom. The second-order valence-corrected chi connectivity index (χ2v) is 6.60. The molecule has 0 aliphatic rings. The fourth-order valence-corrected chi connectivity index (χ4v) is 3.17. The van der Waals surface area contributed by atoms with Crippen molar-refractivity contribution in [2.75, 3.05) is 4.72 Å². The molecule has 6 heteroatoms. The normalized spacial score (nSPS) is 11.3. The van der Waals surface area contributed by atoms with Crippen LogP contribution >= 0.6 is 0 Å². The zero-order valence-electron chi connectivity index (χ0n) is 12.0. The number of hydrogen-bond donors (Lipinski definition) is 1. The van der Waals surface area contributed by atoms with Crippen molar-refractivity contribution < 1.29 is 8.42 Å². The van der Waals surface area contributed by atoms with Gasteiger partial charge >= 0.3 is 0 Å². The topological polar surface area (TPSA) is 64.0 Å². The highest BCUT2D eigenvalue weighted by Crippen LogP contribution is 2.18. The average Bonchev–Trinajstić information content (AvgIpc) is 3.01. The molecule has 0 unspecified atom stereocenters. The fraction of sp³-hybridized carbons (Fsp3) is 0.0625. The van der Waals surface area contributed by atoms with Crippen molar-refractivity contribution in [3.8, 4) is 5.69 Å². The molecule has 0 amide bonds. The summed E-state index contributed by atoms with van der Waals surface area (Å²) in [4.78, 5) is 0.213. The SMILES string of the molecule is Cc1cccc(NS(=O)(=O)c2ccc(-n3cccn3)cc2)c1. The Morgan fingerprint density at radius 2 is 1.82 bits per heavy atom. The van der Waals surface area contributed by atoms with Crippen LogP contribution in [0.4, 0.5) is 5.69 Å². The maximum atomic E-state index is 12.4. The van der Waals surface area contributed by atoms with E-state index in [0.29, 0.717) is 5.69 Å². The van der Waals surface area contributed by atoms with Crippen molar-refractivity contribution in [1.82, 2.24) is 9.78 Å². The lowest BCUT2D eigenvalue weighted by Crippen LogP contribution is -2.13. The number of nitrogens with zero attached hydrogens (tertiary/aromatic N) is 2. The van der Waals surface area contributed by atoms with Crippen LogP contribution in [0, 0.1) is 6.92 Å². The Kier molecular flexibility index (Phi) is 3.68. The van der Waals surface area contributed by atoms with E-state index < -0.39 is 10.0 Å². The Morgan fingerprint density at radius 1 is 1.05 bits per heavy atom. The van der Waals surface area contributed by atoms with Crippen molar-refractivity contribution in [2.24, 2.45) is 0 Å². The molecule has 1 heterocycles. The van der Waals surface area contributed by atoms with E-state index in [4.69, 9.17) is 0 Å². The van der Waals surface area contributed by atoms with Crippen molar-refractivity contribution >= 4 is 15.7 Å². The van der Waals surface area contributed by atoms with E-state index in [2.05, 4.69) is 9.82 Å². The molecule has 3 rings (SSSR count). The summed E-state index contributed by atoms with van der Waals surface area (Å²) in [5.74, 6) is 0. The lowest BCUT2D eigenvalue weighted by Gasteiger charge is -2.09. The van der Waals surface area contributed by atoms with Crippen LogP contribution in [0.1, 0.15) is 5.56 Å². The number of sulfonamides is 1. The van der Waals surface area contributed by atoms with Gasteiger partial charge in [0.15, 0.2) is 0 Å². The molecule has 0 fully saturated rings. The minimum atomic E-state index is -3.60. The van der Waals surface area contributed by atoms with Crippen LogP contribution in [0.3, 0.4) is 0 Å². The molecule has 22 heavy (non-hydrogen) atoms. The van der Waals surface area contributed by atoms with Crippen molar-refractivity contribution in [3.63, 3.8) is 0 Å². The van der Waals surface area contributed by atoms with Crippen LogP contribution in [-0.2, 0) is 10.0 Å². The Bertz CT molecular complexity index is 870. The number of hydrogen-bond acceptors (Lipinski definition) is 3. The average molecular weight is 313 g/mol. The fourth-order valence-electron chi connectivity index (χ4n) is 2.12. The van der Waals surface area contributed by atoms with Gasteiger partial charge in [-0.25, -0.2) is 13.1 Å². The molecular weight excluding hydrogens is 298 g/mol. The first-order valence-electron chi connectivity index (χ1n) is 6.74. The quantitative estimate of drug-likeness (QED) is 0.805. The lowest BCUT2D eigenvalue weighted by molar-refractivity contribution is 0.601. The number of aromatic nitrogens is 2. The molecule has 0 saturated heterocycles. The largest absolute Gasteiger partial charge is 0.280 e. The molecule has 0 aliphatic carbocycles. The van der Waals surface area contributed by atoms with Crippen molar-refractivity contribution in [1.29, 1.82) is 0 Å². The second kappa shape index (κ2) is 5.65. The highest BCUT2D eigenvalue weighted by Gasteiger charge is 2.14. The molecule has 0 radical (unpaired) electrons. The van der Waals surface area contributed by atoms with Crippen LogP contribution in [0.15, 0.2) is 71.9 Å². The minimum absolute atomic E-state index is 0.213. The maximum Gasteiger partial charge on any atom is 0.261 e. The predicted octanol–water partition coefficient (Wildman–Crippen LogP) is 2.98. The van der Waals surface area contributed by atoms with Crippen molar-refractivity contribution in [3.05, 3.63) is 72.6 Å². The van der Waals surface area contributed by atoms with Gasteiger partial charge in [-0.05, 0) is 55.0 Å². The first-order valence-corrected chi connectivity index (χ1v) is 8.22. The van der Waals surface area contributed by atoms with Gasteiger partial charge in [-0.15, -0.1) is 0 Å². The van der Waals surface area contributed by atoms with Gasteiger partial charge in [-0.1, -0.05) is 12.1 Å². The van der Waals surface area contributed by atoms with Gasteiger partial charge < -0.3 is 0 Å². The van der Waals surface area contributed by atoms with Gasteiger partial charge in [0.05, 0.1) is 10.6 Å². The molecule has 0 atom stereocenters. The lowest BCUT2D eigenvalue weighted by atomic mass is 10.2. The number of aryl methyl sites for hydroxylation is 1. The van der Waals surface area contributed by atoms with Gasteiger partial charge in [0, 0.05) is 18.1 Å². The summed E-state index contributed by atoms with van der Waals surface area (Å²) in [5.41, 5.74) is 2.35. The van der Waals surface area contributed by atoms with E-state index in [9.17, 15) is 8.42 Å². The van der Waals surface area contributed by atoms with E-state index in [1.54, 1.807) is 53.5 Å². The summed E-state index contributed by atoms with van der Waals surface area (Å²) in [6.45, 7) is 1.91. The monoisotopic (exact) mass is 313 g/mol. The number of rotatable bonds is 4. The molecule has 0 bridgehead atoms. The predicted molar refractivity (Wildman–Crippen MR) is 85.6 cm³/mol. The van der Waals surface area contributed by atoms with E-state index in [1.165, 1.54) is 0 Å². The van der Waals surface area contributed by atoms with E-state index >= 15 is 0 Å². The molecule has 1 N–H and O–H groups in total. The Balaban J connectivity index is 1.86. The molecule has 5 nitrogen and oxygen atoms in total. The molecular formula is C16H15N3O2S. The van der Waals surface area contributed by atoms with E-state index in [0.717, 1.165) is 11.3 Å². The smallest absolute Gasteiger partial charge is 0.261 e. The summed E-state index contributed by atoms with van der Waals surface area (Å²) < 4.78 is 29.0. The number of benzene rings is 2. The minimum Gasteiger partial charge on any atom is -0.280 e. The highest BCUT2D eigenvalue weighted by atomic mass is 32.2. The van der Waals surface area contributed by atoms with Gasteiger partial charge in [0.25, 0.3) is 10.0 Å². The molecule has 2 aromatic carbocycles. The molecule has 1 aromatic heterocycles. The Hall–Kier alpha value is -2.60. The third-order valence-electron chi connectivity index (χ3n) is 3.19. The zero-order chi connectivity index (χ0) is 15.6. The van der Waals surface area contributed by atoms with Gasteiger partial charge in [-0.2, -0.15) is 5.10 Å². The summed E-state index contributed by atoms with van der Waals surface area (Å²) in [6.07, 6.45) is 3.47. The van der Waals surface area contributed by atoms with Gasteiger partial charge in [0.2, 0.25) is 0 Å². The van der Waals surface area contributed by atoms with Crippen molar-refractivity contribution in [2.45, 2.75) is 11.8 Å². The van der Waals surface area contributed by atoms with E-state index in [-0.39, 0.29) is 4.90 Å². The van der Waals surface area contributed by atoms with Crippen LogP contribution in [0.25, 0.3) is 5.69 Å². The molecule has 0 spiro atoms. The number of anilines is 1. The van der Waals surface area contributed by atoms with E-state index in [1.807, 2.05) is 25.1 Å². The van der Waals surface area contributed by atoms with Crippen LogP contribution in [-0.4, -0.2) is 18.2 Å². The third-order valence-corrected chi connectivity index (χ3v) is 4.58. The molecule has 0 saturated carbocycles. The molecule has 112 valence electrons. The van der Waals surface area contributed by atoms with Gasteiger partial charge in [-0.3, -0.25) is 4.72 Å². The maximum absolute atomic E-state index is 12.4. The Labute approximate surface area is 129 Å². The van der Waals surface area contributed by atoms with Crippen LogP contribution in [0.2, 0.25) is 0 Å². The third kappa shape index (κ3) is 3.01. The van der Waals surface area contributed by atoms with Gasteiger partial charge in [0.1, 0.15) is 0 Å². The first kappa shape index (κ1) is 14.3. The first-order chi connectivity index (χ1) is 10.5. The summed E-state index contributed by atoms with van der Waals surface area (Å²) in [7, 11) is -3.60. The standard InChI is InChI=1S/C16H15N3O2S/c1-13-4-2-5-14(12-13)18-22(20,21)16-8-6-15(7-9-16)19-11-3-10-17-19/h2-12,18H,1H3. The summed E-state index contributed by atoms with van der Waals surface area (Å²) in [6, 6.07) is 15.6. The molecule has 0 aliphatic heterocycles. The highest BCUT2D eigenvalue weighted by molar-refractivity contribution is 7.92. The summed E-state index contributed by atoms with van der Waals surface area (Å²) in [5, 5.41) is 4.11.